The van der Waals surface area contributed by atoms with Gasteiger partial charge in [-0.2, -0.15) is 0 Å². The number of halogens is 1. The number of methoxy groups -OCH3 is 1. The summed E-state index contributed by atoms with van der Waals surface area (Å²) in [5.74, 6) is -0.666. The Bertz CT molecular complexity index is 1170. The number of benzene rings is 2. The summed E-state index contributed by atoms with van der Waals surface area (Å²) in [6, 6.07) is 15.5. The number of carbonyl (C=O) groups excluding carboxylic acids is 2. The summed E-state index contributed by atoms with van der Waals surface area (Å²) in [6.07, 6.45) is 1.74. The molecule has 0 saturated heterocycles. The highest BCUT2D eigenvalue weighted by Gasteiger charge is 2.16. The third-order valence-corrected chi connectivity index (χ3v) is 4.86. The summed E-state index contributed by atoms with van der Waals surface area (Å²) in [5.41, 5.74) is 7.15. The van der Waals surface area contributed by atoms with Crippen molar-refractivity contribution in [2.75, 3.05) is 13.7 Å². The third-order valence-electron chi connectivity index (χ3n) is 4.58. The molecule has 0 aliphatic rings. The van der Waals surface area contributed by atoms with Gasteiger partial charge in [-0.1, -0.05) is 41.9 Å². The minimum absolute atomic E-state index is 0.0658. The maximum atomic E-state index is 12.6. The van der Waals surface area contributed by atoms with Gasteiger partial charge >= 0.3 is 0 Å². The Kier molecular flexibility index (Phi) is 7.51. The fraction of sp³-hybridized carbons (Fsp3) is 0.174. The lowest BCUT2D eigenvalue weighted by Gasteiger charge is -2.13. The minimum atomic E-state index is -0.660. The van der Waals surface area contributed by atoms with Crippen LogP contribution in [0.15, 0.2) is 65.6 Å². The molecule has 0 fully saturated rings. The van der Waals surface area contributed by atoms with Gasteiger partial charge in [0.15, 0.2) is 18.1 Å². The summed E-state index contributed by atoms with van der Waals surface area (Å²) in [7, 11) is 1.40. The largest absolute Gasteiger partial charge is 0.493 e. The third kappa shape index (κ3) is 5.89. The van der Waals surface area contributed by atoms with Crippen molar-refractivity contribution in [3.63, 3.8) is 0 Å². The van der Waals surface area contributed by atoms with E-state index in [0.717, 1.165) is 11.1 Å². The SMILES string of the molecule is COc1cc(C(=O)NCc2ccc(Cn3ccccc3=O)cc2)cc(Cl)c1OCC(N)=O. The van der Waals surface area contributed by atoms with Crippen molar-refractivity contribution in [2.45, 2.75) is 13.1 Å². The number of ether oxygens (including phenoxy) is 2. The lowest BCUT2D eigenvalue weighted by atomic mass is 10.1. The zero-order chi connectivity index (χ0) is 23.1. The first-order valence-corrected chi connectivity index (χ1v) is 10.1. The predicted molar refractivity (Wildman–Crippen MR) is 120 cm³/mol. The van der Waals surface area contributed by atoms with Crippen molar-refractivity contribution < 1.29 is 19.1 Å². The van der Waals surface area contributed by atoms with Crippen LogP contribution in [0.2, 0.25) is 5.02 Å². The van der Waals surface area contributed by atoms with Crippen molar-refractivity contribution >= 4 is 23.4 Å². The highest BCUT2D eigenvalue weighted by atomic mass is 35.5. The number of nitrogens with two attached hydrogens (primary N) is 1. The van der Waals surface area contributed by atoms with Crippen molar-refractivity contribution in [3.8, 4) is 11.5 Å². The molecule has 1 heterocycles. The number of nitrogens with one attached hydrogen (secondary N) is 1. The van der Waals surface area contributed by atoms with E-state index in [1.807, 2.05) is 30.3 Å². The first-order chi connectivity index (χ1) is 15.4. The molecule has 0 aliphatic carbocycles. The molecule has 3 rings (SSSR count). The van der Waals surface area contributed by atoms with Crippen LogP contribution in [-0.2, 0) is 17.9 Å². The first-order valence-electron chi connectivity index (χ1n) is 9.67. The van der Waals surface area contributed by atoms with Gasteiger partial charge in [-0.3, -0.25) is 14.4 Å². The Labute approximate surface area is 189 Å². The molecular formula is C23H22ClN3O5. The van der Waals surface area contributed by atoms with Crippen LogP contribution in [0.25, 0.3) is 0 Å². The minimum Gasteiger partial charge on any atom is -0.493 e. The summed E-state index contributed by atoms with van der Waals surface area (Å²) in [5, 5.41) is 2.94. The maximum Gasteiger partial charge on any atom is 0.255 e. The Morgan fingerprint density at radius 2 is 1.81 bits per heavy atom. The zero-order valence-electron chi connectivity index (χ0n) is 17.3. The molecule has 3 N–H and O–H groups in total. The summed E-state index contributed by atoms with van der Waals surface area (Å²) < 4.78 is 12.1. The van der Waals surface area contributed by atoms with Gasteiger partial charge in [0, 0.05) is 24.4 Å². The molecular weight excluding hydrogens is 434 g/mol. The number of amides is 2. The molecule has 8 nitrogen and oxygen atoms in total. The number of nitrogens with zero attached hydrogens (tertiary/aromatic N) is 1. The highest BCUT2D eigenvalue weighted by molar-refractivity contribution is 6.32. The van der Waals surface area contributed by atoms with E-state index in [1.165, 1.54) is 25.3 Å². The number of primary amides is 1. The number of carbonyl (C=O) groups is 2. The molecule has 0 saturated carbocycles. The molecule has 32 heavy (non-hydrogen) atoms. The fourth-order valence-corrected chi connectivity index (χ4v) is 3.23. The standard InChI is InChI=1S/C23H22ClN3O5/c1-31-19-11-17(10-18(24)22(19)32-14-20(25)28)23(30)26-12-15-5-7-16(8-6-15)13-27-9-3-2-4-21(27)29/h2-11H,12-14H2,1H3,(H2,25,28)(H,26,30). The average molecular weight is 456 g/mol. The summed E-state index contributed by atoms with van der Waals surface area (Å²) in [6.45, 7) is 0.398. The van der Waals surface area contributed by atoms with Crippen LogP contribution in [0, 0.1) is 0 Å². The van der Waals surface area contributed by atoms with Crippen LogP contribution < -0.4 is 26.1 Å². The van der Waals surface area contributed by atoms with E-state index < -0.39 is 5.91 Å². The number of hydrogen-bond acceptors (Lipinski definition) is 5. The van der Waals surface area contributed by atoms with Crippen molar-refractivity contribution in [1.82, 2.24) is 9.88 Å². The van der Waals surface area contributed by atoms with Gasteiger partial charge < -0.3 is 25.1 Å². The van der Waals surface area contributed by atoms with Gasteiger partial charge in [0.25, 0.3) is 17.4 Å². The van der Waals surface area contributed by atoms with Crippen LogP contribution in [0.1, 0.15) is 21.5 Å². The number of pyridine rings is 1. The van der Waals surface area contributed by atoms with Crippen LogP contribution >= 0.6 is 11.6 Å². The van der Waals surface area contributed by atoms with Crippen molar-refractivity contribution in [1.29, 1.82) is 0 Å². The fourth-order valence-electron chi connectivity index (χ4n) is 2.97. The second-order valence-corrected chi connectivity index (χ2v) is 7.32. The van der Waals surface area contributed by atoms with Crippen LogP contribution in [0.5, 0.6) is 11.5 Å². The van der Waals surface area contributed by atoms with Crippen molar-refractivity contribution in [3.05, 3.63) is 92.9 Å². The number of aromatic nitrogens is 1. The molecule has 1 aromatic heterocycles. The van der Waals surface area contributed by atoms with Gasteiger partial charge in [0.2, 0.25) is 0 Å². The molecule has 0 atom stereocenters. The van der Waals surface area contributed by atoms with Gasteiger partial charge in [-0.15, -0.1) is 0 Å². The van der Waals surface area contributed by atoms with E-state index in [9.17, 15) is 14.4 Å². The van der Waals surface area contributed by atoms with Gasteiger partial charge in [-0.05, 0) is 29.3 Å². The Morgan fingerprint density at radius 3 is 2.47 bits per heavy atom. The predicted octanol–water partition coefficient (Wildman–Crippen LogP) is 2.35. The van der Waals surface area contributed by atoms with E-state index in [0.29, 0.717) is 13.1 Å². The van der Waals surface area contributed by atoms with Crippen LogP contribution in [-0.4, -0.2) is 30.1 Å². The Balaban J connectivity index is 1.64. The lowest BCUT2D eigenvalue weighted by molar-refractivity contribution is -0.119. The topological polar surface area (TPSA) is 113 Å². The van der Waals surface area contributed by atoms with E-state index in [1.54, 1.807) is 16.8 Å². The summed E-state index contributed by atoms with van der Waals surface area (Å²) in [4.78, 5) is 35.4. The molecule has 0 bridgehead atoms. The molecule has 0 unspecified atom stereocenters. The Morgan fingerprint density at radius 1 is 1.09 bits per heavy atom. The molecule has 0 aliphatic heterocycles. The first kappa shape index (κ1) is 22.9. The monoisotopic (exact) mass is 455 g/mol. The van der Waals surface area contributed by atoms with Crippen molar-refractivity contribution in [2.24, 2.45) is 5.73 Å². The number of hydrogen-bond donors (Lipinski definition) is 2. The quantitative estimate of drug-likeness (QED) is 0.514. The maximum absolute atomic E-state index is 12.6. The summed E-state index contributed by atoms with van der Waals surface area (Å²) >= 11 is 6.19. The second kappa shape index (κ2) is 10.5. The van der Waals surface area contributed by atoms with Crippen LogP contribution in [0.3, 0.4) is 0 Å². The second-order valence-electron chi connectivity index (χ2n) is 6.91. The molecule has 0 spiro atoms. The van der Waals surface area contributed by atoms with E-state index in [4.69, 9.17) is 26.8 Å². The Hall–Kier alpha value is -3.78. The van der Waals surface area contributed by atoms with Gasteiger partial charge in [0.1, 0.15) is 0 Å². The molecule has 2 amide bonds. The molecule has 9 heteroatoms. The molecule has 2 aromatic carbocycles. The van der Waals surface area contributed by atoms with Crippen LogP contribution in [0.4, 0.5) is 0 Å². The highest BCUT2D eigenvalue weighted by Crippen LogP contribution is 2.36. The number of rotatable bonds is 9. The normalized spacial score (nSPS) is 10.4. The van der Waals surface area contributed by atoms with Gasteiger partial charge in [0.05, 0.1) is 18.7 Å². The smallest absolute Gasteiger partial charge is 0.255 e. The molecule has 3 aromatic rings. The van der Waals surface area contributed by atoms with E-state index >= 15 is 0 Å². The van der Waals surface area contributed by atoms with E-state index in [2.05, 4.69) is 5.32 Å². The molecule has 166 valence electrons. The zero-order valence-corrected chi connectivity index (χ0v) is 18.1. The lowest BCUT2D eigenvalue weighted by Crippen LogP contribution is -2.23. The van der Waals surface area contributed by atoms with E-state index in [-0.39, 0.29) is 40.2 Å². The molecule has 0 radical (unpaired) electrons. The average Bonchev–Trinajstić information content (AvgIpc) is 2.78. The van der Waals surface area contributed by atoms with Gasteiger partial charge in [-0.25, -0.2) is 0 Å².